The highest BCUT2D eigenvalue weighted by atomic mass is 32.2. The first kappa shape index (κ1) is 18.1. The molecule has 2 unspecified atom stereocenters. The molecule has 2 atom stereocenters. The van der Waals surface area contributed by atoms with E-state index in [9.17, 15) is 22.8 Å². The summed E-state index contributed by atoms with van der Waals surface area (Å²) in [5.41, 5.74) is 0. The first-order chi connectivity index (χ1) is 9.11. The lowest BCUT2D eigenvalue weighted by Gasteiger charge is -2.17. The Morgan fingerprint density at radius 1 is 1.30 bits per heavy atom. The third-order valence-electron chi connectivity index (χ3n) is 2.52. The second-order valence-electron chi connectivity index (χ2n) is 4.09. The molecule has 0 rings (SSSR count). The van der Waals surface area contributed by atoms with Crippen LogP contribution in [0.5, 0.6) is 0 Å². The van der Waals surface area contributed by atoms with Crippen LogP contribution in [0.25, 0.3) is 0 Å². The van der Waals surface area contributed by atoms with E-state index in [1.165, 1.54) is 0 Å². The molecule has 0 radical (unpaired) electrons. The predicted octanol–water partition coefficient (Wildman–Crippen LogP) is -0.590. The van der Waals surface area contributed by atoms with E-state index in [2.05, 4.69) is 6.58 Å². The Morgan fingerprint density at radius 3 is 2.25 bits per heavy atom. The first-order valence-electron chi connectivity index (χ1n) is 5.69. The van der Waals surface area contributed by atoms with Crippen molar-refractivity contribution in [1.82, 2.24) is 5.32 Å². The van der Waals surface area contributed by atoms with Gasteiger partial charge in [-0.1, -0.05) is 6.08 Å². The second kappa shape index (κ2) is 7.63. The Hall–Kier alpha value is -1.90. The fourth-order valence-corrected chi connectivity index (χ4v) is 2.30. The van der Waals surface area contributed by atoms with Crippen molar-refractivity contribution in [3.05, 3.63) is 12.7 Å². The monoisotopic (exact) mass is 307 g/mol. The molecule has 0 saturated carbocycles. The van der Waals surface area contributed by atoms with E-state index in [1.54, 1.807) is 0 Å². The molecule has 0 spiro atoms. The molecule has 1 amide bonds. The maximum atomic E-state index is 11.7. The average Bonchev–Trinajstić information content (AvgIpc) is 2.32. The highest BCUT2D eigenvalue weighted by molar-refractivity contribution is 7.92. The number of hydrogen-bond donors (Lipinski definition) is 3. The highest BCUT2D eigenvalue weighted by Crippen LogP contribution is 2.05. The minimum absolute atomic E-state index is 0.329. The number of aliphatic carboxylic acids is 2. The molecule has 0 saturated heterocycles. The van der Waals surface area contributed by atoms with Gasteiger partial charge < -0.3 is 15.5 Å². The minimum atomic E-state index is -3.75. The molecule has 0 aromatic rings. The van der Waals surface area contributed by atoms with Crippen LogP contribution in [0.4, 0.5) is 0 Å². The molecular weight excluding hydrogens is 290 g/mol. The van der Waals surface area contributed by atoms with Gasteiger partial charge in [-0.25, -0.2) is 13.2 Å². The van der Waals surface area contributed by atoms with Crippen LogP contribution in [0.15, 0.2) is 12.7 Å². The van der Waals surface area contributed by atoms with E-state index in [4.69, 9.17) is 10.2 Å². The summed E-state index contributed by atoms with van der Waals surface area (Å²) < 4.78 is 23.2. The van der Waals surface area contributed by atoms with Crippen LogP contribution in [0.2, 0.25) is 0 Å². The van der Waals surface area contributed by atoms with E-state index in [0.29, 0.717) is 0 Å². The van der Waals surface area contributed by atoms with Crippen molar-refractivity contribution in [2.24, 2.45) is 0 Å². The lowest BCUT2D eigenvalue weighted by atomic mass is 10.1. The fourth-order valence-electron chi connectivity index (χ4n) is 1.29. The Bertz CT molecular complexity index is 497. The molecule has 0 aliphatic rings. The van der Waals surface area contributed by atoms with E-state index >= 15 is 0 Å². The average molecular weight is 307 g/mol. The number of carbonyl (C=O) groups excluding carboxylic acids is 1. The van der Waals surface area contributed by atoms with E-state index in [1.807, 2.05) is 5.32 Å². The Morgan fingerprint density at radius 2 is 1.85 bits per heavy atom. The van der Waals surface area contributed by atoms with Gasteiger partial charge in [-0.3, -0.25) is 9.59 Å². The molecule has 114 valence electrons. The molecule has 0 aliphatic heterocycles. The van der Waals surface area contributed by atoms with Crippen LogP contribution in [-0.2, 0) is 24.2 Å². The first-order valence-corrected chi connectivity index (χ1v) is 7.40. The van der Waals surface area contributed by atoms with Gasteiger partial charge in [-0.2, -0.15) is 0 Å². The smallest absolute Gasteiger partial charge is 0.326 e. The molecular formula is C11H17NO7S. The summed E-state index contributed by atoms with van der Waals surface area (Å²) >= 11 is 0. The number of rotatable bonds is 9. The maximum Gasteiger partial charge on any atom is 0.326 e. The van der Waals surface area contributed by atoms with E-state index in [-0.39, 0.29) is 6.42 Å². The zero-order valence-electron chi connectivity index (χ0n) is 10.9. The van der Waals surface area contributed by atoms with E-state index < -0.39 is 51.1 Å². The van der Waals surface area contributed by atoms with Crippen molar-refractivity contribution in [2.45, 2.75) is 31.1 Å². The van der Waals surface area contributed by atoms with Gasteiger partial charge in [0.2, 0.25) is 5.91 Å². The summed E-state index contributed by atoms with van der Waals surface area (Å²) in [5, 5.41) is 17.9. The molecule has 0 heterocycles. The summed E-state index contributed by atoms with van der Waals surface area (Å²) in [6, 6.07) is -1.44. The molecule has 0 aromatic heterocycles. The van der Waals surface area contributed by atoms with Crippen molar-refractivity contribution in [2.75, 3.05) is 5.75 Å². The molecule has 0 aromatic carbocycles. The zero-order chi connectivity index (χ0) is 15.9. The number of nitrogens with one attached hydrogen (secondary N) is 1. The quantitative estimate of drug-likeness (QED) is 0.484. The summed E-state index contributed by atoms with van der Waals surface area (Å²) in [6.07, 6.45) is 0.341. The van der Waals surface area contributed by atoms with Crippen LogP contribution in [0.1, 0.15) is 19.8 Å². The van der Waals surface area contributed by atoms with Crippen LogP contribution >= 0.6 is 0 Å². The van der Waals surface area contributed by atoms with Gasteiger partial charge >= 0.3 is 11.9 Å². The SMILES string of the molecule is C=CCS(=O)(=O)C(C)C(=O)NC(CCC(=O)O)C(=O)O. The van der Waals surface area contributed by atoms with Crippen LogP contribution in [-0.4, -0.2) is 53.5 Å². The number of hydrogen-bond acceptors (Lipinski definition) is 5. The van der Waals surface area contributed by atoms with Gasteiger partial charge in [0, 0.05) is 6.42 Å². The van der Waals surface area contributed by atoms with Gasteiger partial charge in [0.25, 0.3) is 0 Å². The molecule has 9 heteroatoms. The maximum absolute atomic E-state index is 11.7. The zero-order valence-corrected chi connectivity index (χ0v) is 11.7. The molecule has 20 heavy (non-hydrogen) atoms. The minimum Gasteiger partial charge on any atom is -0.481 e. The van der Waals surface area contributed by atoms with Crippen molar-refractivity contribution < 1.29 is 33.0 Å². The Balaban J connectivity index is 4.80. The predicted molar refractivity (Wildman–Crippen MR) is 69.9 cm³/mol. The molecule has 0 bridgehead atoms. The van der Waals surface area contributed by atoms with Crippen molar-refractivity contribution in [3.63, 3.8) is 0 Å². The summed E-state index contributed by atoms with van der Waals surface area (Å²) in [6.45, 7) is 4.38. The van der Waals surface area contributed by atoms with Crippen molar-refractivity contribution in [1.29, 1.82) is 0 Å². The molecule has 3 N–H and O–H groups in total. The van der Waals surface area contributed by atoms with Crippen LogP contribution < -0.4 is 5.32 Å². The summed E-state index contributed by atoms with van der Waals surface area (Å²) in [4.78, 5) is 32.9. The van der Waals surface area contributed by atoms with E-state index in [0.717, 1.165) is 13.0 Å². The fraction of sp³-hybridized carbons (Fsp3) is 0.545. The Kier molecular flexibility index (Phi) is 6.91. The number of amides is 1. The highest BCUT2D eigenvalue weighted by Gasteiger charge is 2.30. The van der Waals surface area contributed by atoms with Gasteiger partial charge in [0.1, 0.15) is 11.3 Å². The normalized spacial score (nSPS) is 14.1. The largest absolute Gasteiger partial charge is 0.481 e. The van der Waals surface area contributed by atoms with Gasteiger partial charge in [0.15, 0.2) is 9.84 Å². The van der Waals surface area contributed by atoms with Crippen molar-refractivity contribution >= 4 is 27.7 Å². The second-order valence-corrected chi connectivity index (χ2v) is 6.46. The van der Waals surface area contributed by atoms with Crippen LogP contribution in [0, 0.1) is 0 Å². The number of carboxylic acids is 2. The summed E-state index contributed by atoms with van der Waals surface area (Å²) in [7, 11) is -3.75. The summed E-state index contributed by atoms with van der Waals surface area (Å²) in [5.74, 6) is -4.02. The number of carboxylic acid groups (broad SMARTS) is 2. The van der Waals surface area contributed by atoms with Gasteiger partial charge in [-0.05, 0) is 13.3 Å². The van der Waals surface area contributed by atoms with Gasteiger partial charge in [-0.15, -0.1) is 6.58 Å². The Labute approximate surface area is 116 Å². The molecule has 8 nitrogen and oxygen atoms in total. The molecule has 0 fully saturated rings. The third-order valence-corrected chi connectivity index (χ3v) is 4.51. The lowest BCUT2D eigenvalue weighted by molar-refractivity contribution is -0.143. The number of sulfone groups is 1. The van der Waals surface area contributed by atoms with Gasteiger partial charge in [0.05, 0.1) is 5.75 Å². The third kappa shape index (κ3) is 5.83. The molecule has 0 aliphatic carbocycles. The lowest BCUT2D eigenvalue weighted by Crippen LogP contribution is -2.47. The van der Waals surface area contributed by atoms with Crippen LogP contribution in [0.3, 0.4) is 0 Å². The van der Waals surface area contributed by atoms with Crippen molar-refractivity contribution in [3.8, 4) is 0 Å². The number of carbonyl (C=O) groups is 3. The topological polar surface area (TPSA) is 138 Å². The standard InChI is InChI=1S/C11H17NO7S/c1-3-6-20(18,19)7(2)10(15)12-8(11(16)17)4-5-9(13)14/h3,7-8H,1,4-6H2,2H3,(H,12,15)(H,13,14)(H,16,17).